The fourth-order valence-electron chi connectivity index (χ4n) is 2.42. The summed E-state index contributed by atoms with van der Waals surface area (Å²) in [5, 5.41) is 12.3. The molecule has 0 spiro atoms. The molecule has 0 radical (unpaired) electrons. The second-order valence-electron chi connectivity index (χ2n) is 5.14. The molecule has 2 aromatic rings. The monoisotopic (exact) mass is 310 g/mol. The van der Waals surface area contributed by atoms with Gasteiger partial charge in [-0.15, -0.1) is 0 Å². The van der Waals surface area contributed by atoms with Crippen LogP contribution >= 0.6 is 0 Å². The summed E-state index contributed by atoms with van der Waals surface area (Å²) in [7, 11) is 0. The third-order valence-corrected chi connectivity index (χ3v) is 3.57. The van der Waals surface area contributed by atoms with E-state index in [1.807, 2.05) is 0 Å². The lowest BCUT2D eigenvalue weighted by atomic mass is 10.1. The minimum Gasteiger partial charge on any atom is -0.506 e. The first-order chi connectivity index (χ1) is 11.1. The van der Waals surface area contributed by atoms with Crippen LogP contribution in [0, 0.1) is 0 Å². The van der Waals surface area contributed by atoms with Gasteiger partial charge in [-0.25, -0.2) is 0 Å². The third kappa shape index (κ3) is 2.91. The number of benzene rings is 2. The molecule has 3 amide bonds. The molecule has 3 rings (SSSR count). The summed E-state index contributed by atoms with van der Waals surface area (Å²) in [6.45, 7) is 0. The SMILES string of the molecule is O=C(Nc1ccccc1O)c1cccc(N2C(=O)CCC2=O)c1. The van der Waals surface area contributed by atoms with E-state index in [2.05, 4.69) is 5.32 Å². The second-order valence-corrected chi connectivity index (χ2v) is 5.14. The summed E-state index contributed by atoms with van der Waals surface area (Å²) in [4.78, 5) is 36.9. The number of para-hydroxylation sites is 2. The first-order valence-electron chi connectivity index (χ1n) is 7.11. The normalized spacial score (nSPS) is 14.2. The van der Waals surface area contributed by atoms with E-state index in [1.54, 1.807) is 36.4 Å². The zero-order chi connectivity index (χ0) is 16.4. The molecule has 1 saturated heterocycles. The van der Waals surface area contributed by atoms with Crippen LogP contribution in [-0.4, -0.2) is 22.8 Å². The second kappa shape index (κ2) is 5.92. The molecule has 0 bridgehead atoms. The Balaban J connectivity index is 1.85. The molecule has 2 aromatic carbocycles. The number of phenols is 1. The molecule has 116 valence electrons. The largest absolute Gasteiger partial charge is 0.506 e. The van der Waals surface area contributed by atoms with E-state index in [4.69, 9.17) is 0 Å². The number of phenolic OH excluding ortho intramolecular Hbond substituents is 1. The smallest absolute Gasteiger partial charge is 0.255 e. The Hall–Kier alpha value is -3.15. The highest BCUT2D eigenvalue weighted by Gasteiger charge is 2.30. The van der Waals surface area contributed by atoms with Crippen molar-refractivity contribution in [3.63, 3.8) is 0 Å². The predicted molar refractivity (Wildman–Crippen MR) is 84.2 cm³/mol. The molecule has 6 nitrogen and oxygen atoms in total. The van der Waals surface area contributed by atoms with Crippen molar-refractivity contribution >= 4 is 29.1 Å². The summed E-state index contributed by atoms with van der Waals surface area (Å²) in [6, 6.07) is 12.6. The van der Waals surface area contributed by atoms with Gasteiger partial charge in [0.15, 0.2) is 0 Å². The van der Waals surface area contributed by atoms with Gasteiger partial charge < -0.3 is 10.4 Å². The fourth-order valence-corrected chi connectivity index (χ4v) is 2.42. The highest BCUT2D eigenvalue weighted by atomic mass is 16.3. The Bertz CT molecular complexity index is 785. The molecule has 6 heteroatoms. The molecule has 0 atom stereocenters. The van der Waals surface area contributed by atoms with Crippen molar-refractivity contribution in [2.24, 2.45) is 0 Å². The van der Waals surface area contributed by atoms with Gasteiger partial charge >= 0.3 is 0 Å². The lowest BCUT2D eigenvalue weighted by Crippen LogP contribution is -2.28. The molecule has 0 unspecified atom stereocenters. The van der Waals surface area contributed by atoms with Crippen LogP contribution in [-0.2, 0) is 9.59 Å². The molecule has 1 aliphatic rings. The average Bonchev–Trinajstić information content (AvgIpc) is 2.88. The Morgan fingerprint density at radius 2 is 1.70 bits per heavy atom. The molecule has 0 aliphatic carbocycles. The van der Waals surface area contributed by atoms with E-state index >= 15 is 0 Å². The lowest BCUT2D eigenvalue weighted by Gasteiger charge is -2.15. The molecular formula is C17H14N2O4. The van der Waals surface area contributed by atoms with Gasteiger partial charge in [0.05, 0.1) is 11.4 Å². The van der Waals surface area contributed by atoms with Crippen LogP contribution < -0.4 is 10.2 Å². The van der Waals surface area contributed by atoms with Gasteiger partial charge in [0.1, 0.15) is 5.75 Å². The highest BCUT2D eigenvalue weighted by molar-refractivity contribution is 6.20. The van der Waals surface area contributed by atoms with Gasteiger partial charge in [-0.2, -0.15) is 0 Å². The van der Waals surface area contributed by atoms with Crippen LogP contribution in [0.2, 0.25) is 0 Å². The maximum atomic E-state index is 12.3. The van der Waals surface area contributed by atoms with Gasteiger partial charge in [0.2, 0.25) is 11.8 Å². The minimum absolute atomic E-state index is 0.0399. The standard InChI is InChI=1S/C17H14N2O4/c20-14-7-2-1-6-13(14)18-17(23)11-4-3-5-12(10-11)19-15(21)8-9-16(19)22/h1-7,10,20H,8-9H2,(H,18,23). The van der Waals surface area contributed by atoms with Crippen molar-refractivity contribution in [1.29, 1.82) is 0 Å². The van der Waals surface area contributed by atoms with E-state index in [0.29, 0.717) is 11.3 Å². The Morgan fingerprint density at radius 1 is 1.00 bits per heavy atom. The highest BCUT2D eigenvalue weighted by Crippen LogP contribution is 2.25. The van der Waals surface area contributed by atoms with Crippen LogP contribution in [0.3, 0.4) is 0 Å². The summed E-state index contributed by atoms with van der Waals surface area (Å²) < 4.78 is 0. The molecule has 1 aliphatic heterocycles. The first kappa shape index (κ1) is 14.8. The van der Waals surface area contributed by atoms with E-state index < -0.39 is 5.91 Å². The van der Waals surface area contributed by atoms with E-state index in [-0.39, 0.29) is 36.1 Å². The summed E-state index contributed by atoms with van der Waals surface area (Å²) >= 11 is 0. The number of carbonyl (C=O) groups excluding carboxylic acids is 3. The van der Waals surface area contributed by atoms with Crippen molar-refractivity contribution < 1.29 is 19.5 Å². The Kier molecular flexibility index (Phi) is 3.80. The van der Waals surface area contributed by atoms with Gasteiger partial charge in [0, 0.05) is 18.4 Å². The van der Waals surface area contributed by atoms with Crippen molar-refractivity contribution in [2.75, 3.05) is 10.2 Å². The minimum atomic E-state index is -0.438. The first-order valence-corrected chi connectivity index (χ1v) is 7.11. The number of hydrogen-bond acceptors (Lipinski definition) is 4. The zero-order valence-electron chi connectivity index (χ0n) is 12.2. The van der Waals surface area contributed by atoms with Crippen molar-refractivity contribution in [3.05, 3.63) is 54.1 Å². The lowest BCUT2D eigenvalue weighted by molar-refractivity contribution is -0.121. The Labute approximate surface area is 132 Å². The van der Waals surface area contributed by atoms with Crippen LogP contribution in [0.5, 0.6) is 5.75 Å². The van der Waals surface area contributed by atoms with E-state index in [0.717, 1.165) is 4.90 Å². The number of nitrogens with zero attached hydrogens (tertiary/aromatic N) is 1. The molecule has 23 heavy (non-hydrogen) atoms. The van der Waals surface area contributed by atoms with Crippen LogP contribution in [0.25, 0.3) is 0 Å². The number of aromatic hydroxyl groups is 1. The number of carbonyl (C=O) groups is 3. The maximum Gasteiger partial charge on any atom is 0.255 e. The number of imide groups is 1. The number of hydrogen-bond donors (Lipinski definition) is 2. The number of anilines is 2. The summed E-state index contributed by atoms with van der Waals surface area (Å²) in [6.07, 6.45) is 0.375. The van der Waals surface area contributed by atoms with Gasteiger partial charge in [0.25, 0.3) is 5.91 Å². The average molecular weight is 310 g/mol. The van der Waals surface area contributed by atoms with E-state index in [1.165, 1.54) is 12.1 Å². The van der Waals surface area contributed by atoms with Gasteiger partial charge in [-0.3, -0.25) is 19.3 Å². The van der Waals surface area contributed by atoms with Crippen molar-refractivity contribution in [2.45, 2.75) is 12.8 Å². The van der Waals surface area contributed by atoms with Gasteiger partial charge in [-0.1, -0.05) is 18.2 Å². The Morgan fingerprint density at radius 3 is 2.39 bits per heavy atom. The zero-order valence-corrected chi connectivity index (χ0v) is 12.2. The van der Waals surface area contributed by atoms with E-state index in [9.17, 15) is 19.5 Å². The molecule has 1 heterocycles. The molecule has 0 saturated carbocycles. The predicted octanol–water partition coefficient (Wildman–Crippen LogP) is 2.30. The third-order valence-electron chi connectivity index (χ3n) is 3.57. The topological polar surface area (TPSA) is 86.7 Å². The summed E-state index contributed by atoms with van der Waals surface area (Å²) in [5.74, 6) is -1.02. The molecule has 1 fully saturated rings. The molecule has 2 N–H and O–H groups in total. The molecule has 0 aromatic heterocycles. The van der Waals surface area contributed by atoms with Crippen LogP contribution in [0.4, 0.5) is 11.4 Å². The fraction of sp³-hybridized carbons (Fsp3) is 0.118. The summed E-state index contributed by atoms with van der Waals surface area (Å²) in [5.41, 5.74) is 0.955. The van der Waals surface area contributed by atoms with Gasteiger partial charge in [-0.05, 0) is 30.3 Å². The van der Waals surface area contributed by atoms with Crippen LogP contribution in [0.1, 0.15) is 23.2 Å². The number of rotatable bonds is 3. The number of amides is 3. The quantitative estimate of drug-likeness (QED) is 0.672. The molecular weight excluding hydrogens is 296 g/mol. The van der Waals surface area contributed by atoms with Crippen molar-refractivity contribution in [1.82, 2.24) is 0 Å². The number of nitrogens with one attached hydrogen (secondary N) is 1. The maximum absolute atomic E-state index is 12.3. The van der Waals surface area contributed by atoms with Crippen LogP contribution in [0.15, 0.2) is 48.5 Å². The van der Waals surface area contributed by atoms with Crippen molar-refractivity contribution in [3.8, 4) is 5.75 Å².